The van der Waals surface area contributed by atoms with E-state index in [2.05, 4.69) is 15.9 Å². The number of benzene rings is 1. The number of rotatable bonds is 3. The van der Waals surface area contributed by atoms with Gasteiger partial charge in [0.25, 0.3) is 0 Å². The monoisotopic (exact) mass is 266 g/mol. The zero-order valence-corrected chi connectivity index (χ0v) is 9.45. The van der Waals surface area contributed by atoms with Gasteiger partial charge in [-0.25, -0.2) is 4.39 Å². The summed E-state index contributed by atoms with van der Waals surface area (Å²) >= 11 is 8.82. The van der Waals surface area contributed by atoms with E-state index in [0.29, 0.717) is 11.1 Å². The Morgan fingerprint density at radius 1 is 1.54 bits per heavy atom. The summed E-state index contributed by atoms with van der Waals surface area (Å²) in [5, 5.41) is 0.0699. The summed E-state index contributed by atoms with van der Waals surface area (Å²) in [4.78, 5) is 0. The van der Waals surface area contributed by atoms with Crippen LogP contribution in [-0.2, 0) is 0 Å². The molecule has 0 aliphatic carbocycles. The maximum absolute atomic E-state index is 13.2. The van der Waals surface area contributed by atoms with Crippen molar-refractivity contribution in [3.63, 3.8) is 0 Å². The van der Waals surface area contributed by atoms with Crippen molar-refractivity contribution >= 4 is 27.5 Å². The molecule has 0 fully saturated rings. The number of hydrogen-bond donors (Lipinski definition) is 0. The Kier molecular flexibility index (Phi) is 4.00. The van der Waals surface area contributed by atoms with E-state index in [9.17, 15) is 4.39 Å². The zero-order valence-electron chi connectivity index (χ0n) is 7.11. The molecule has 0 bridgehead atoms. The van der Waals surface area contributed by atoms with Gasteiger partial charge in [0.1, 0.15) is 0 Å². The molecule has 0 aromatic heterocycles. The van der Waals surface area contributed by atoms with Crippen molar-refractivity contribution in [3.05, 3.63) is 27.4 Å². The van der Waals surface area contributed by atoms with Crippen molar-refractivity contribution in [1.82, 2.24) is 0 Å². The first-order valence-corrected chi connectivity index (χ1v) is 5.09. The molecule has 0 amide bonds. The smallest absolute Gasteiger partial charge is 0.183 e. The summed E-state index contributed by atoms with van der Waals surface area (Å²) in [6.07, 6.45) is 0.837. The molecule has 1 rings (SSSR count). The highest BCUT2D eigenvalue weighted by Gasteiger charge is 2.08. The zero-order chi connectivity index (χ0) is 9.84. The van der Waals surface area contributed by atoms with E-state index in [0.717, 1.165) is 6.42 Å². The lowest BCUT2D eigenvalue weighted by molar-refractivity contribution is 0.301. The maximum Gasteiger partial charge on any atom is 0.183 e. The fourth-order valence-electron chi connectivity index (χ4n) is 0.849. The van der Waals surface area contributed by atoms with Crippen LogP contribution in [0.3, 0.4) is 0 Å². The van der Waals surface area contributed by atoms with Gasteiger partial charge in [-0.1, -0.05) is 34.5 Å². The highest BCUT2D eigenvalue weighted by atomic mass is 79.9. The van der Waals surface area contributed by atoms with Crippen LogP contribution in [0.25, 0.3) is 0 Å². The summed E-state index contributed by atoms with van der Waals surface area (Å²) in [6, 6.07) is 3.06. The second-order valence-electron chi connectivity index (χ2n) is 2.55. The van der Waals surface area contributed by atoms with E-state index in [1.165, 1.54) is 6.07 Å². The van der Waals surface area contributed by atoms with E-state index < -0.39 is 5.82 Å². The Morgan fingerprint density at radius 3 is 2.85 bits per heavy atom. The topological polar surface area (TPSA) is 9.23 Å². The molecule has 0 saturated heterocycles. The normalized spacial score (nSPS) is 10.2. The standard InChI is InChI=1S/C9H9BrClFO/c1-2-3-13-8-5-6(10)4-7(11)9(8)12/h4-5H,2-3H2,1H3. The molecule has 4 heteroatoms. The van der Waals surface area contributed by atoms with Gasteiger partial charge in [-0.15, -0.1) is 0 Å². The van der Waals surface area contributed by atoms with Crippen molar-refractivity contribution < 1.29 is 9.13 Å². The summed E-state index contributed by atoms with van der Waals surface area (Å²) in [5.74, 6) is -0.306. The molecular weight excluding hydrogens is 258 g/mol. The molecule has 0 heterocycles. The molecule has 0 spiro atoms. The highest BCUT2D eigenvalue weighted by molar-refractivity contribution is 9.10. The van der Waals surface area contributed by atoms with Crippen LogP contribution < -0.4 is 4.74 Å². The van der Waals surface area contributed by atoms with Crippen molar-refractivity contribution in [2.24, 2.45) is 0 Å². The fourth-order valence-corrected chi connectivity index (χ4v) is 1.63. The third kappa shape index (κ3) is 2.85. The summed E-state index contributed by atoms with van der Waals surface area (Å²) in [5.41, 5.74) is 0. The molecule has 1 nitrogen and oxygen atoms in total. The first kappa shape index (κ1) is 10.8. The minimum atomic E-state index is -0.502. The maximum atomic E-state index is 13.2. The van der Waals surface area contributed by atoms with Gasteiger partial charge in [0.15, 0.2) is 11.6 Å². The van der Waals surface area contributed by atoms with Crippen molar-refractivity contribution in [3.8, 4) is 5.75 Å². The summed E-state index contributed by atoms with van der Waals surface area (Å²) < 4.78 is 19.1. The van der Waals surface area contributed by atoms with Gasteiger partial charge in [-0.3, -0.25) is 0 Å². The third-order valence-corrected chi connectivity index (χ3v) is 2.15. The van der Waals surface area contributed by atoms with Crippen molar-refractivity contribution in [2.45, 2.75) is 13.3 Å². The molecule has 0 aliphatic heterocycles. The Morgan fingerprint density at radius 2 is 2.23 bits per heavy atom. The van der Waals surface area contributed by atoms with Gasteiger partial charge in [-0.2, -0.15) is 0 Å². The Bertz CT molecular complexity index is 304. The first-order valence-electron chi connectivity index (χ1n) is 3.92. The number of halogens is 3. The molecule has 0 unspecified atom stereocenters. The van der Waals surface area contributed by atoms with Crippen LogP contribution in [0.2, 0.25) is 5.02 Å². The average molecular weight is 268 g/mol. The predicted octanol–water partition coefficient (Wildman–Crippen LogP) is 4.03. The van der Waals surface area contributed by atoms with Gasteiger partial charge >= 0.3 is 0 Å². The van der Waals surface area contributed by atoms with E-state index in [-0.39, 0.29) is 10.8 Å². The van der Waals surface area contributed by atoms with Crippen LogP contribution in [0.4, 0.5) is 4.39 Å². The molecule has 72 valence electrons. The van der Waals surface area contributed by atoms with Crippen LogP contribution in [0.5, 0.6) is 5.75 Å². The number of hydrogen-bond acceptors (Lipinski definition) is 1. The molecule has 0 atom stereocenters. The first-order chi connectivity index (χ1) is 6.15. The molecule has 0 aliphatic rings. The van der Waals surface area contributed by atoms with Crippen LogP contribution in [-0.4, -0.2) is 6.61 Å². The molecule has 1 aromatic rings. The van der Waals surface area contributed by atoms with E-state index in [4.69, 9.17) is 16.3 Å². The third-order valence-electron chi connectivity index (χ3n) is 1.42. The molecule has 0 saturated carbocycles. The van der Waals surface area contributed by atoms with E-state index in [1.54, 1.807) is 6.07 Å². The molecule has 0 N–H and O–H groups in total. The summed E-state index contributed by atoms with van der Waals surface area (Å²) in [7, 11) is 0. The van der Waals surface area contributed by atoms with Crippen LogP contribution in [0.1, 0.15) is 13.3 Å². The molecule has 13 heavy (non-hydrogen) atoms. The highest BCUT2D eigenvalue weighted by Crippen LogP contribution is 2.29. The average Bonchev–Trinajstić information content (AvgIpc) is 2.09. The van der Waals surface area contributed by atoms with Gasteiger partial charge in [-0.05, 0) is 18.6 Å². The Hall–Kier alpha value is -0.280. The lowest BCUT2D eigenvalue weighted by atomic mass is 10.3. The Balaban J connectivity index is 2.92. The minimum Gasteiger partial charge on any atom is -0.490 e. The molecule has 1 aromatic carbocycles. The van der Waals surface area contributed by atoms with Crippen molar-refractivity contribution in [2.75, 3.05) is 6.61 Å². The quantitative estimate of drug-likeness (QED) is 0.751. The second kappa shape index (κ2) is 4.82. The van der Waals surface area contributed by atoms with E-state index >= 15 is 0 Å². The predicted molar refractivity (Wildman–Crippen MR) is 54.9 cm³/mol. The number of ether oxygens (including phenoxy) is 1. The van der Waals surface area contributed by atoms with Gasteiger partial charge < -0.3 is 4.74 Å². The van der Waals surface area contributed by atoms with Crippen LogP contribution in [0, 0.1) is 5.82 Å². The summed E-state index contributed by atoms with van der Waals surface area (Å²) in [6.45, 7) is 2.45. The molecule has 0 radical (unpaired) electrons. The van der Waals surface area contributed by atoms with Crippen LogP contribution >= 0.6 is 27.5 Å². The molecular formula is C9H9BrClFO. The van der Waals surface area contributed by atoms with E-state index in [1.807, 2.05) is 6.92 Å². The lowest BCUT2D eigenvalue weighted by Crippen LogP contribution is -1.97. The SMILES string of the molecule is CCCOc1cc(Br)cc(Cl)c1F. The van der Waals surface area contributed by atoms with Crippen molar-refractivity contribution in [1.29, 1.82) is 0 Å². The largest absolute Gasteiger partial charge is 0.490 e. The van der Waals surface area contributed by atoms with Gasteiger partial charge in [0, 0.05) is 4.47 Å². The van der Waals surface area contributed by atoms with Gasteiger partial charge in [0.05, 0.1) is 11.6 Å². The minimum absolute atomic E-state index is 0.0699. The lowest BCUT2D eigenvalue weighted by Gasteiger charge is -2.07. The fraction of sp³-hybridized carbons (Fsp3) is 0.333. The Labute approximate surface area is 90.0 Å². The van der Waals surface area contributed by atoms with Gasteiger partial charge in [0.2, 0.25) is 0 Å². The van der Waals surface area contributed by atoms with Crippen LogP contribution in [0.15, 0.2) is 16.6 Å². The second-order valence-corrected chi connectivity index (χ2v) is 3.87.